The molecule has 1 aliphatic rings. The van der Waals surface area contributed by atoms with Crippen LogP contribution in [0.3, 0.4) is 0 Å². The van der Waals surface area contributed by atoms with Crippen LogP contribution in [0.15, 0.2) is 17.0 Å². The molecule has 2 rings (SSSR count). The van der Waals surface area contributed by atoms with Gasteiger partial charge in [-0.15, -0.1) is 0 Å². The van der Waals surface area contributed by atoms with E-state index in [-0.39, 0.29) is 23.3 Å². The number of carbonyl (C=O) groups is 2. The summed E-state index contributed by atoms with van der Waals surface area (Å²) >= 11 is 1.62. The van der Waals surface area contributed by atoms with Gasteiger partial charge in [0, 0.05) is 29.9 Å². The number of thioether (sulfide) groups is 1. The SMILES string of the molecule is Cc1cc(S(C)(=O)=O)cc(C(=O)N2CCSCC2CC(=O)O)c1C. The smallest absolute Gasteiger partial charge is 0.305 e. The topological polar surface area (TPSA) is 91.8 Å². The summed E-state index contributed by atoms with van der Waals surface area (Å²) in [6.45, 7) is 4.00. The second-order valence-electron chi connectivity index (χ2n) is 6.01. The van der Waals surface area contributed by atoms with E-state index in [1.807, 2.05) is 0 Å². The number of benzene rings is 1. The maximum absolute atomic E-state index is 13.0. The Labute approximate surface area is 146 Å². The Hall–Kier alpha value is -1.54. The summed E-state index contributed by atoms with van der Waals surface area (Å²) in [5, 5.41) is 9.06. The Morgan fingerprint density at radius 1 is 1.33 bits per heavy atom. The predicted molar refractivity (Wildman–Crippen MR) is 93.4 cm³/mol. The fourth-order valence-electron chi connectivity index (χ4n) is 2.71. The van der Waals surface area contributed by atoms with Crippen LogP contribution < -0.4 is 0 Å². The molecule has 0 saturated carbocycles. The van der Waals surface area contributed by atoms with Gasteiger partial charge >= 0.3 is 5.97 Å². The normalized spacial score (nSPS) is 18.5. The van der Waals surface area contributed by atoms with E-state index in [1.54, 1.807) is 36.6 Å². The minimum atomic E-state index is -3.43. The molecule has 1 fully saturated rings. The van der Waals surface area contributed by atoms with Crippen molar-refractivity contribution >= 4 is 33.5 Å². The van der Waals surface area contributed by atoms with Crippen molar-refractivity contribution < 1.29 is 23.1 Å². The standard InChI is InChI=1S/C16H21NO5S2/c1-10-6-13(24(3,21)22)8-14(11(10)2)16(20)17-4-5-23-9-12(17)7-15(18)19/h6,8,12H,4-5,7,9H2,1-3H3,(H,18,19). The molecule has 1 heterocycles. The molecular formula is C16H21NO5S2. The zero-order chi connectivity index (χ0) is 18.1. The number of aryl methyl sites for hydroxylation is 1. The summed E-state index contributed by atoms with van der Waals surface area (Å²) in [5.41, 5.74) is 1.78. The molecule has 0 aliphatic carbocycles. The van der Waals surface area contributed by atoms with Crippen molar-refractivity contribution in [2.45, 2.75) is 31.2 Å². The molecule has 0 radical (unpaired) electrons. The summed E-state index contributed by atoms with van der Waals surface area (Å²) in [6.07, 6.45) is 0.999. The second kappa shape index (κ2) is 7.14. The molecule has 132 valence electrons. The highest BCUT2D eigenvalue weighted by molar-refractivity contribution is 7.99. The van der Waals surface area contributed by atoms with Crippen molar-refractivity contribution in [3.63, 3.8) is 0 Å². The number of sulfone groups is 1. The monoisotopic (exact) mass is 371 g/mol. The first-order valence-corrected chi connectivity index (χ1v) is 10.6. The van der Waals surface area contributed by atoms with Crippen molar-refractivity contribution in [1.82, 2.24) is 4.90 Å². The molecule has 1 saturated heterocycles. The van der Waals surface area contributed by atoms with Crippen molar-refractivity contribution in [2.24, 2.45) is 0 Å². The molecule has 6 nitrogen and oxygen atoms in total. The van der Waals surface area contributed by atoms with Crippen LogP contribution in [-0.2, 0) is 14.6 Å². The molecule has 1 unspecified atom stereocenters. The van der Waals surface area contributed by atoms with Crippen LogP contribution in [-0.4, -0.2) is 60.6 Å². The molecule has 1 aromatic rings. The first-order chi connectivity index (χ1) is 11.1. The van der Waals surface area contributed by atoms with E-state index >= 15 is 0 Å². The molecular weight excluding hydrogens is 350 g/mol. The zero-order valence-electron chi connectivity index (χ0n) is 13.9. The summed E-state index contributed by atoms with van der Waals surface area (Å²) in [5.74, 6) is 0.0683. The molecule has 1 atom stereocenters. The van der Waals surface area contributed by atoms with Crippen LogP contribution in [0.1, 0.15) is 27.9 Å². The number of amides is 1. The molecule has 8 heteroatoms. The van der Waals surface area contributed by atoms with Gasteiger partial charge in [-0.1, -0.05) is 0 Å². The van der Waals surface area contributed by atoms with Gasteiger partial charge in [0.05, 0.1) is 17.4 Å². The third-order valence-corrected chi connectivity index (χ3v) is 6.38. The maximum Gasteiger partial charge on any atom is 0.305 e. The van der Waals surface area contributed by atoms with E-state index in [9.17, 15) is 18.0 Å². The second-order valence-corrected chi connectivity index (χ2v) is 9.18. The molecule has 0 spiro atoms. The molecule has 0 bridgehead atoms. The molecule has 0 aromatic heterocycles. The largest absolute Gasteiger partial charge is 0.481 e. The molecule has 1 amide bonds. The fraction of sp³-hybridized carbons (Fsp3) is 0.500. The Morgan fingerprint density at radius 3 is 2.58 bits per heavy atom. The Bertz CT molecular complexity index is 773. The van der Waals surface area contributed by atoms with E-state index in [1.165, 1.54) is 6.07 Å². The van der Waals surface area contributed by atoms with Crippen molar-refractivity contribution in [3.05, 3.63) is 28.8 Å². The molecule has 1 aliphatic heterocycles. The predicted octanol–water partition coefficient (Wildman–Crippen LogP) is 1.74. The van der Waals surface area contributed by atoms with E-state index in [0.29, 0.717) is 17.9 Å². The van der Waals surface area contributed by atoms with Crippen LogP contribution in [0.5, 0.6) is 0 Å². The van der Waals surface area contributed by atoms with Crippen LogP contribution >= 0.6 is 11.8 Å². The summed E-state index contributed by atoms with van der Waals surface area (Å²) in [6, 6.07) is 2.58. The average molecular weight is 371 g/mol. The van der Waals surface area contributed by atoms with Gasteiger partial charge in [-0.25, -0.2) is 8.42 Å². The summed E-state index contributed by atoms with van der Waals surface area (Å²) in [7, 11) is -3.43. The lowest BCUT2D eigenvalue weighted by atomic mass is 10.0. The lowest BCUT2D eigenvalue weighted by Crippen LogP contribution is -2.47. The van der Waals surface area contributed by atoms with Crippen LogP contribution in [0.25, 0.3) is 0 Å². The quantitative estimate of drug-likeness (QED) is 0.867. The van der Waals surface area contributed by atoms with E-state index in [0.717, 1.165) is 23.1 Å². The van der Waals surface area contributed by atoms with Gasteiger partial charge in [0.1, 0.15) is 0 Å². The van der Waals surface area contributed by atoms with Crippen LogP contribution in [0, 0.1) is 13.8 Å². The van der Waals surface area contributed by atoms with Crippen molar-refractivity contribution in [3.8, 4) is 0 Å². The number of aliphatic carboxylic acids is 1. The highest BCUT2D eigenvalue weighted by Crippen LogP contribution is 2.25. The van der Waals surface area contributed by atoms with Gasteiger partial charge in [-0.05, 0) is 37.1 Å². The average Bonchev–Trinajstić information content (AvgIpc) is 2.48. The number of rotatable bonds is 4. The van der Waals surface area contributed by atoms with E-state index < -0.39 is 15.8 Å². The van der Waals surface area contributed by atoms with Crippen LogP contribution in [0.4, 0.5) is 0 Å². The van der Waals surface area contributed by atoms with Crippen molar-refractivity contribution in [1.29, 1.82) is 0 Å². The first-order valence-electron chi connectivity index (χ1n) is 7.53. The molecule has 24 heavy (non-hydrogen) atoms. The van der Waals surface area contributed by atoms with Crippen molar-refractivity contribution in [2.75, 3.05) is 24.3 Å². The maximum atomic E-state index is 13.0. The lowest BCUT2D eigenvalue weighted by Gasteiger charge is -2.35. The Kier molecular flexibility index (Phi) is 5.59. The van der Waals surface area contributed by atoms with Gasteiger partial charge in [-0.2, -0.15) is 11.8 Å². The Morgan fingerprint density at radius 2 is 2.00 bits per heavy atom. The highest BCUT2D eigenvalue weighted by atomic mass is 32.2. The third kappa shape index (κ3) is 4.10. The third-order valence-electron chi connectivity index (χ3n) is 4.20. The summed E-state index contributed by atoms with van der Waals surface area (Å²) in [4.78, 5) is 25.7. The van der Waals surface area contributed by atoms with Gasteiger partial charge < -0.3 is 10.0 Å². The minimum absolute atomic E-state index is 0.107. The lowest BCUT2D eigenvalue weighted by molar-refractivity contribution is -0.138. The number of carboxylic acid groups (broad SMARTS) is 1. The Balaban J connectivity index is 2.44. The van der Waals surface area contributed by atoms with Gasteiger partial charge in [0.15, 0.2) is 9.84 Å². The zero-order valence-corrected chi connectivity index (χ0v) is 15.5. The molecule has 1 N–H and O–H groups in total. The van der Waals surface area contributed by atoms with E-state index in [2.05, 4.69) is 0 Å². The van der Waals surface area contributed by atoms with Gasteiger partial charge in [-0.3, -0.25) is 9.59 Å². The van der Waals surface area contributed by atoms with E-state index in [4.69, 9.17) is 5.11 Å². The van der Waals surface area contributed by atoms with Gasteiger partial charge in [0.2, 0.25) is 0 Å². The number of nitrogens with zero attached hydrogens (tertiary/aromatic N) is 1. The summed E-state index contributed by atoms with van der Waals surface area (Å²) < 4.78 is 23.7. The number of hydrogen-bond acceptors (Lipinski definition) is 5. The highest BCUT2D eigenvalue weighted by Gasteiger charge is 2.31. The first kappa shape index (κ1) is 18.8. The number of hydrogen-bond donors (Lipinski definition) is 1. The minimum Gasteiger partial charge on any atom is -0.481 e. The van der Waals surface area contributed by atoms with Crippen LogP contribution in [0.2, 0.25) is 0 Å². The number of carbonyl (C=O) groups excluding carboxylic acids is 1. The van der Waals surface area contributed by atoms with Gasteiger partial charge in [0.25, 0.3) is 5.91 Å². The molecule has 1 aromatic carbocycles. The fourth-order valence-corrected chi connectivity index (χ4v) is 4.50. The number of carboxylic acids is 1.